The Morgan fingerprint density at radius 2 is 2.00 bits per heavy atom. The van der Waals surface area contributed by atoms with Gasteiger partial charge in [-0.2, -0.15) is 0 Å². The summed E-state index contributed by atoms with van der Waals surface area (Å²) in [4.78, 5) is 15.8. The first-order chi connectivity index (χ1) is 8.13. The molecule has 0 bridgehead atoms. The number of esters is 1. The molecule has 0 spiro atoms. The number of hydrogen-bond acceptors (Lipinski definition) is 3. The number of benzene rings is 1. The Kier molecular flexibility index (Phi) is 5.40. The Labute approximate surface area is 103 Å². The summed E-state index contributed by atoms with van der Waals surface area (Å²) < 4.78 is 4.75. The van der Waals surface area contributed by atoms with Gasteiger partial charge in [0.05, 0.1) is 7.11 Å². The highest BCUT2D eigenvalue weighted by atomic mass is 16.5. The molecule has 0 aliphatic carbocycles. The van der Waals surface area contributed by atoms with Crippen LogP contribution in [0.5, 0.6) is 0 Å². The maximum Gasteiger partial charge on any atom is 0.330 e. The first kappa shape index (κ1) is 13.4. The van der Waals surface area contributed by atoms with Gasteiger partial charge < -0.3 is 4.74 Å². The topological polar surface area (TPSA) is 38.7 Å². The van der Waals surface area contributed by atoms with E-state index in [0.29, 0.717) is 12.3 Å². The number of hydrogen-bond donors (Lipinski definition) is 0. The highest BCUT2D eigenvalue weighted by Gasteiger charge is 2.18. The minimum absolute atomic E-state index is 0.272. The predicted molar refractivity (Wildman–Crippen MR) is 69.3 cm³/mol. The minimum atomic E-state index is -0.403. The molecule has 0 aromatic heterocycles. The van der Waals surface area contributed by atoms with Crippen LogP contribution in [0, 0.1) is 5.92 Å². The van der Waals surface area contributed by atoms with Crippen molar-refractivity contribution in [3.05, 3.63) is 35.9 Å². The fourth-order valence-corrected chi connectivity index (χ4v) is 1.52. The molecule has 0 radical (unpaired) electrons. The van der Waals surface area contributed by atoms with E-state index in [-0.39, 0.29) is 5.97 Å². The van der Waals surface area contributed by atoms with E-state index in [4.69, 9.17) is 4.74 Å². The summed E-state index contributed by atoms with van der Waals surface area (Å²) in [6.07, 6.45) is 2.43. The van der Waals surface area contributed by atoms with Crippen molar-refractivity contribution in [3.8, 4) is 0 Å². The molecule has 0 saturated heterocycles. The van der Waals surface area contributed by atoms with Crippen LogP contribution in [0.1, 0.15) is 25.8 Å². The van der Waals surface area contributed by atoms with E-state index >= 15 is 0 Å². The normalized spacial score (nSPS) is 12.9. The summed E-state index contributed by atoms with van der Waals surface area (Å²) in [7, 11) is 1.40. The molecule has 0 saturated carbocycles. The van der Waals surface area contributed by atoms with Gasteiger partial charge in [-0.3, -0.25) is 4.99 Å². The molecule has 1 rings (SSSR count). The first-order valence-electron chi connectivity index (χ1n) is 5.79. The van der Waals surface area contributed by atoms with E-state index < -0.39 is 6.04 Å². The van der Waals surface area contributed by atoms with Gasteiger partial charge in [0.15, 0.2) is 0 Å². The number of carbonyl (C=O) groups is 1. The molecule has 3 heteroatoms. The van der Waals surface area contributed by atoms with E-state index in [0.717, 1.165) is 5.56 Å². The van der Waals surface area contributed by atoms with Crippen molar-refractivity contribution in [3.63, 3.8) is 0 Å². The molecule has 0 aliphatic heterocycles. The summed E-state index contributed by atoms with van der Waals surface area (Å²) >= 11 is 0. The lowest BCUT2D eigenvalue weighted by molar-refractivity contribution is -0.142. The molecule has 0 aliphatic rings. The zero-order valence-electron chi connectivity index (χ0n) is 10.6. The Balaban J connectivity index is 2.72. The second-order valence-electron chi connectivity index (χ2n) is 4.36. The molecular formula is C14H19NO2. The largest absolute Gasteiger partial charge is 0.467 e. The van der Waals surface area contributed by atoms with Gasteiger partial charge in [-0.15, -0.1) is 0 Å². The Morgan fingerprint density at radius 3 is 2.53 bits per heavy atom. The molecule has 0 amide bonds. The third-order valence-corrected chi connectivity index (χ3v) is 2.37. The number of methoxy groups -OCH3 is 1. The first-order valence-corrected chi connectivity index (χ1v) is 5.79. The lowest BCUT2D eigenvalue weighted by Crippen LogP contribution is -2.22. The highest BCUT2D eigenvalue weighted by Crippen LogP contribution is 2.10. The summed E-state index contributed by atoms with van der Waals surface area (Å²) in [5.74, 6) is 0.137. The van der Waals surface area contributed by atoms with Crippen molar-refractivity contribution in [2.75, 3.05) is 7.11 Å². The third-order valence-electron chi connectivity index (χ3n) is 2.37. The van der Waals surface area contributed by atoms with Crippen LogP contribution < -0.4 is 0 Å². The Bertz CT molecular complexity index is 371. The van der Waals surface area contributed by atoms with Gasteiger partial charge in [-0.05, 0) is 17.9 Å². The number of ether oxygens (including phenoxy) is 1. The molecule has 0 heterocycles. The van der Waals surface area contributed by atoms with Crippen LogP contribution in [0.15, 0.2) is 35.3 Å². The van der Waals surface area contributed by atoms with E-state index in [1.807, 2.05) is 30.3 Å². The molecule has 1 aromatic rings. The number of aliphatic imine (C=N–C) groups is 1. The van der Waals surface area contributed by atoms with E-state index in [1.165, 1.54) is 7.11 Å². The van der Waals surface area contributed by atoms with Gasteiger partial charge in [0.1, 0.15) is 6.04 Å². The maximum absolute atomic E-state index is 11.5. The molecular weight excluding hydrogens is 214 g/mol. The van der Waals surface area contributed by atoms with Gasteiger partial charge in [0, 0.05) is 6.21 Å². The average molecular weight is 233 g/mol. The summed E-state index contributed by atoms with van der Waals surface area (Å²) in [5, 5.41) is 0. The predicted octanol–water partition coefficient (Wildman–Crippen LogP) is 2.69. The molecule has 92 valence electrons. The van der Waals surface area contributed by atoms with Gasteiger partial charge in [-0.25, -0.2) is 4.79 Å². The lowest BCUT2D eigenvalue weighted by Gasteiger charge is -2.12. The van der Waals surface area contributed by atoms with Crippen molar-refractivity contribution >= 4 is 12.2 Å². The zero-order valence-corrected chi connectivity index (χ0v) is 10.6. The minimum Gasteiger partial charge on any atom is -0.467 e. The fraction of sp³-hybridized carbons (Fsp3) is 0.429. The van der Waals surface area contributed by atoms with Crippen LogP contribution >= 0.6 is 0 Å². The molecule has 17 heavy (non-hydrogen) atoms. The molecule has 1 atom stereocenters. The van der Waals surface area contributed by atoms with E-state index in [1.54, 1.807) is 6.21 Å². The number of rotatable bonds is 5. The standard InChI is InChI=1S/C14H19NO2/c1-11(2)9-13(14(16)17-3)15-10-12-7-5-4-6-8-12/h4-8,10-11,13H,9H2,1-3H3/t13-/m0/s1. The van der Waals surface area contributed by atoms with Gasteiger partial charge in [-0.1, -0.05) is 44.2 Å². The van der Waals surface area contributed by atoms with Crippen molar-refractivity contribution < 1.29 is 9.53 Å². The van der Waals surface area contributed by atoms with Crippen LogP contribution in [0.25, 0.3) is 0 Å². The van der Waals surface area contributed by atoms with Gasteiger partial charge >= 0.3 is 5.97 Å². The molecule has 3 nitrogen and oxygen atoms in total. The molecule has 0 N–H and O–H groups in total. The second-order valence-corrected chi connectivity index (χ2v) is 4.36. The molecule has 1 aromatic carbocycles. The van der Waals surface area contributed by atoms with Crippen LogP contribution in [0.2, 0.25) is 0 Å². The second kappa shape index (κ2) is 6.84. The summed E-state index contributed by atoms with van der Waals surface area (Å²) in [5.41, 5.74) is 0.991. The van der Waals surface area contributed by atoms with E-state index in [9.17, 15) is 4.79 Å². The Hall–Kier alpha value is -1.64. The quantitative estimate of drug-likeness (QED) is 0.579. The monoisotopic (exact) mass is 233 g/mol. The van der Waals surface area contributed by atoms with Gasteiger partial charge in [0.25, 0.3) is 0 Å². The summed E-state index contributed by atoms with van der Waals surface area (Å²) in [6, 6.07) is 9.33. The van der Waals surface area contributed by atoms with Crippen molar-refractivity contribution in [1.82, 2.24) is 0 Å². The maximum atomic E-state index is 11.5. The summed E-state index contributed by atoms with van der Waals surface area (Å²) in [6.45, 7) is 4.13. The van der Waals surface area contributed by atoms with Gasteiger partial charge in [0.2, 0.25) is 0 Å². The van der Waals surface area contributed by atoms with Crippen molar-refractivity contribution in [2.45, 2.75) is 26.3 Å². The fourth-order valence-electron chi connectivity index (χ4n) is 1.52. The van der Waals surface area contributed by atoms with Crippen molar-refractivity contribution in [2.24, 2.45) is 10.9 Å². The van der Waals surface area contributed by atoms with Crippen LogP contribution in [-0.2, 0) is 9.53 Å². The SMILES string of the molecule is COC(=O)[C@H](CC(C)C)N=Cc1ccccc1. The van der Waals surface area contributed by atoms with Crippen LogP contribution in [-0.4, -0.2) is 25.3 Å². The number of carbonyl (C=O) groups excluding carboxylic acids is 1. The third kappa shape index (κ3) is 4.81. The smallest absolute Gasteiger partial charge is 0.330 e. The van der Waals surface area contributed by atoms with Crippen LogP contribution in [0.4, 0.5) is 0 Å². The Morgan fingerprint density at radius 1 is 1.35 bits per heavy atom. The van der Waals surface area contributed by atoms with Crippen LogP contribution in [0.3, 0.4) is 0 Å². The zero-order chi connectivity index (χ0) is 12.7. The number of nitrogens with zero attached hydrogens (tertiary/aromatic N) is 1. The lowest BCUT2D eigenvalue weighted by atomic mass is 10.0. The molecule has 0 fully saturated rings. The van der Waals surface area contributed by atoms with E-state index in [2.05, 4.69) is 18.8 Å². The van der Waals surface area contributed by atoms with Crippen molar-refractivity contribution in [1.29, 1.82) is 0 Å². The highest BCUT2D eigenvalue weighted by molar-refractivity contribution is 5.83. The average Bonchev–Trinajstić information content (AvgIpc) is 2.34. The molecule has 0 unspecified atom stereocenters.